The maximum absolute atomic E-state index is 5.86. The molecule has 0 aromatic carbocycles. The number of nitrogens with zero attached hydrogens (tertiary/aromatic N) is 2. The van der Waals surface area contributed by atoms with E-state index in [4.69, 9.17) is 14.2 Å². The van der Waals surface area contributed by atoms with Gasteiger partial charge in [0, 0.05) is 7.11 Å². The fourth-order valence-electron chi connectivity index (χ4n) is 3.78. The Balaban J connectivity index is 1.79. The van der Waals surface area contributed by atoms with E-state index < -0.39 is 0 Å². The topological polar surface area (TPSA) is 60.2 Å². The van der Waals surface area contributed by atoms with Gasteiger partial charge in [0.15, 0.2) is 0 Å². The molecule has 1 aliphatic carbocycles. The van der Waals surface area contributed by atoms with Gasteiger partial charge in [-0.1, -0.05) is 31.3 Å². The number of hydrogen-bond donors (Lipinski definition) is 1. The molecule has 0 amide bonds. The smallest absolute Gasteiger partial charge is 0.243 e. The van der Waals surface area contributed by atoms with Gasteiger partial charge in [0.05, 0.1) is 6.04 Å². The second-order valence-corrected chi connectivity index (χ2v) is 6.71. The highest BCUT2D eigenvalue weighted by molar-refractivity contribution is 5.06. The van der Waals surface area contributed by atoms with Crippen LogP contribution in [0.15, 0.2) is 4.52 Å². The molecule has 2 heterocycles. The van der Waals surface area contributed by atoms with Gasteiger partial charge in [-0.25, -0.2) is 0 Å². The number of methoxy groups -OCH3 is 1. The van der Waals surface area contributed by atoms with E-state index in [0.29, 0.717) is 5.92 Å². The van der Waals surface area contributed by atoms with Crippen molar-refractivity contribution in [3.05, 3.63) is 11.7 Å². The van der Waals surface area contributed by atoms with E-state index >= 15 is 0 Å². The van der Waals surface area contributed by atoms with Crippen LogP contribution in [-0.2, 0) is 10.3 Å². The number of ether oxygens (including phenoxy) is 1. The van der Waals surface area contributed by atoms with Crippen molar-refractivity contribution in [2.24, 2.45) is 5.92 Å². The van der Waals surface area contributed by atoms with Crippen molar-refractivity contribution < 1.29 is 9.26 Å². The number of rotatable bonds is 3. The Hall–Kier alpha value is -0.940. The summed E-state index contributed by atoms with van der Waals surface area (Å²) in [5, 5.41) is 7.79. The van der Waals surface area contributed by atoms with E-state index in [-0.39, 0.29) is 11.6 Å². The van der Waals surface area contributed by atoms with Crippen molar-refractivity contribution in [3.63, 3.8) is 0 Å². The average molecular weight is 293 g/mol. The SMILES string of the molecule is COC1(c2noc(C3CCCCCN3)n2)CCCC(C)C1. The van der Waals surface area contributed by atoms with Crippen LogP contribution in [0.3, 0.4) is 0 Å². The van der Waals surface area contributed by atoms with Gasteiger partial charge in [-0.05, 0) is 44.6 Å². The molecule has 1 aromatic heterocycles. The van der Waals surface area contributed by atoms with Gasteiger partial charge in [-0.2, -0.15) is 4.98 Å². The Bertz CT molecular complexity index is 454. The summed E-state index contributed by atoms with van der Waals surface area (Å²) in [5.41, 5.74) is -0.343. The van der Waals surface area contributed by atoms with Gasteiger partial charge >= 0.3 is 0 Å². The molecule has 0 bridgehead atoms. The zero-order valence-corrected chi connectivity index (χ0v) is 13.2. The molecule has 0 spiro atoms. The summed E-state index contributed by atoms with van der Waals surface area (Å²) in [5.74, 6) is 2.14. The molecule has 1 aromatic rings. The second kappa shape index (κ2) is 6.44. The summed E-state index contributed by atoms with van der Waals surface area (Å²) < 4.78 is 11.4. The Labute approximate surface area is 126 Å². The van der Waals surface area contributed by atoms with Crippen LogP contribution in [-0.4, -0.2) is 23.8 Å². The summed E-state index contributed by atoms with van der Waals surface area (Å²) >= 11 is 0. The van der Waals surface area contributed by atoms with Gasteiger partial charge in [0.1, 0.15) is 5.60 Å². The van der Waals surface area contributed by atoms with E-state index in [2.05, 4.69) is 17.4 Å². The molecule has 2 fully saturated rings. The molecule has 1 saturated carbocycles. The maximum atomic E-state index is 5.86. The Morgan fingerprint density at radius 1 is 1.24 bits per heavy atom. The van der Waals surface area contributed by atoms with Crippen LogP contribution < -0.4 is 5.32 Å². The Kier molecular flexibility index (Phi) is 4.60. The fraction of sp³-hybridized carbons (Fsp3) is 0.875. The zero-order chi connectivity index (χ0) is 14.7. The molecule has 1 aliphatic heterocycles. The van der Waals surface area contributed by atoms with Crippen molar-refractivity contribution in [2.75, 3.05) is 13.7 Å². The van der Waals surface area contributed by atoms with Crippen LogP contribution in [0, 0.1) is 5.92 Å². The van der Waals surface area contributed by atoms with E-state index in [9.17, 15) is 0 Å². The van der Waals surface area contributed by atoms with E-state index in [1.807, 2.05) is 0 Å². The lowest BCUT2D eigenvalue weighted by Gasteiger charge is -2.36. The highest BCUT2D eigenvalue weighted by atomic mass is 16.5. The van der Waals surface area contributed by atoms with Crippen LogP contribution in [0.4, 0.5) is 0 Å². The summed E-state index contributed by atoms with van der Waals surface area (Å²) in [6.45, 7) is 3.32. The first-order valence-corrected chi connectivity index (χ1v) is 8.36. The van der Waals surface area contributed by atoms with Gasteiger partial charge in [-0.15, -0.1) is 0 Å². The summed E-state index contributed by atoms with van der Waals surface area (Å²) in [6, 6.07) is 0.212. The molecule has 21 heavy (non-hydrogen) atoms. The number of hydrogen-bond acceptors (Lipinski definition) is 5. The first-order chi connectivity index (χ1) is 10.2. The second-order valence-electron chi connectivity index (χ2n) is 6.71. The van der Waals surface area contributed by atoms with Crippen LogP contribution in [0.5, 0.6) is 0 Å². The lowest BCUT2D eigenvalue weighted by Crippen LogP contribution is -2.35. The third kappa shape index (κ3) is 3.14. The minimum absolute atomic E-state index is 0.212. The molecule has 3 rings (SSSR count). The van der Waals surface area contributed by atoms with Crippen molar-refractivity contribution in [1.82, 2.24) is 15.5 Å². The van der Waals surface area contributed by atoms with Crippen molar-refractivity contribution in [2.45, 2.75) is 69.9 Å². The number of nitrogens with one attached hydrogen (secondary N) is 1. The lowest BCUT2D eigenvalue weighted by molar-refractivity contribution is -0.0658. The minimum atomic E-state index is -0.343. The summed E-state index contributed by atoms with van der Waals surface area (Å²) in [4.78, 5) is 4.71. The van der Waals surface area contributed by atoms with Crippen molar-refractivity contribution in [3.8, 4) is 0 Å². The summed E-state index contributed by atoms with van der Waals surface area (Å²) in [7, 11) is 1.78. The molecular formula is C16H27N3O2. The first-order valence-electron chi connectivity index (χ1n) is 8.36. The van der Waals surface area contributed by atoms with Gasteiger partial charge in [0.2, 0.25) is 11.7 Å². The molecule has 118 valence electrons. The predicted molar refractivity (Wildman–Crippen MR) is 79.8 cm³/mol. The third-order valence-electron chi connectivity index (χ3n) is 5.05. The van der Waals surface area contributed by atoms with Crippen LogP contribution in [0.25, 0.3) is 0 Å². The fourth-order valence-corrected chi connectivity index (χ4v) is 3.78. The standard InChI is InChI=1S/C16H27N3O2/c1-12-7-6-9-16(11-12,20-2)15-18-14(21-19-15)13-8-4-3-5-10-17-13/h12-13,17H,3-11H2,1-2H3. The number of aromatic nitrogens is 2. The lowest BCUT2D eigenvalue weighted by atomic mass is 9.78. The largest absolute Gasteiger partial charge is 0.370 e. The first kappa shape index (κ1) is 15.0. The highest BCUT2D eigenvalue weighted by Crippen LogP contribution is 2.41. The Morgan fingerprint density at radius 2 is 2.14 bits per heavy atom. The molecule has 1 N–H and O–H groups in total. The minimum Gasteiger partial charge on any atom is -0.370 e. The van der Waals surface area contributed by atoms with Gasteiger partial charge in [0.25, 0.3) is 0 Å². The molecular weight excluding hydrogens is 266 g/mol. The monoisotopic (exact) mass is 293 g/mol. The van der Waals surface area contributed by atoms with Crippen LogP contribution in [0.2, 0.25) is 0 Å². The normalized spacial score (nSPS) is 34.6. The molecule has 2 aliphatic rings. The molecule has 5 nitrogen and oxygen atoms in total. The summed E-state index contributed by atoms with van der Waals surface area (Å²) in [6.07, 6.45) is 9.23. The van der Waals surface area contributed by atoms with E-state index in [0.717, 1.165) is 37.5 Å². The van der Waals surface area contributed by atoms with Crippen LogP contribution >= 0.6 is 0 Å². The van der Waals surface area contributed by atoms with E-state index in [1.54, 1.807) is 7.11 Å². The maximum Gasteiger partial charge on any atom is 0.243 e. The molecule has 3 unspecified atom stereocenters. The molecule has 1 saturated heterocycles. The Morgan fingerprint density at radius 3 is 2.95 bits per heavy atom. The van der Waals surface area contributed by atoms with Gasteiger partial charge < -0.3 is 14.6 Å². The van der Waals surface area contributed by atoms with Crippen molar-refractivity contribution in [1.29, 1.82) is 0 Å². The predicted octanol–water partition coefficient (Wildman–Crippen LogP) is 3.33. The molecule has 5 heteroatoms. The average Bonchev–Trinajstić information content (AvgIpc) is 2.84. The van der Waals surface area contributed by atoms with Gasteiger partial charge in [-0.3, -0.25) is 0 Å². The zero-order valence-electron chi connectivity index (χ0n) is 13.2. The quantitative estimate of drug-likeness (QED) is 0.926. The molecule has 0 radical (unpaired) electrons. The van der Waals surface area contributed by atoms with Crippen molar-refractivity contribution >= 4 is 0 Å². The van der Waals surface area contributed by atoms with Crippen LogP contribution in [0.1, 0.15) is 76.0 Å². The molecule has 3 atom stereocenters. The highest BCUT2D eigenvalue weighted by Gasteiger charge is 2.41. The van der Waals surface area contributed by atoms with E-state index in [1.165, 1.54) is 32.1 Å². The third-order valence-corrected chi connectivity index (χ3v) is 5.05.